The zero-order valence-electron chi connectivity index (χ0n) is 15.1. The largest absolute Gasteiger partial charge is 0.507 e. The highest BCUT2D eigenvalue weighted by molar-refractivity contribution is 6.43. The highest BCUT2D eigenvalue weighted by Gasteiger charge is 2.28. The number of fused-ring (bicyclic) bond motifs is 1. The summed E-state index contributed by atoms with van der Waals surface area (Å²) >= 11 is 0. The zero-order chi connectivity index (χ0) is 20.3. The molecule has 1 atom stereocenters. The Labute approximate surface area is 162 Å². The summed E-state index contributed by atoms with van der Waals surface area (Å²) in [5.41, 5.74) is 2.49. The van der Waals surface area contributed by atoms with Gasteiger partial charge in [-0.15, -0.1) is 0 Å². The van der Waals surface area contributed by atoms with Gasteiger partial charge in [-0.1, -0.05) is 18.2 Å². The average molecular weight is 384 g/mol. The van der Waals surface area contributed by atoms with Gasteiger partial charge in [-0.3, -0.25) is 4.79 Å². The maximum absolute atomic E-state index is 12.6. The number of amides is 1. The minimum Gasteiger partial charge on any atom is -0.507 e. The van der Waals surface area contributed by atoms with Crippen LogP contribution in [-0.2, 0) is 19.4 Å². The molecule has 28 heavy (non-hydrogen) atoms. The maximum atomic E-state index is 12.6. The molecule has 0 saturated heterocycles. The standard InChI is InChI=1S/C19H21BN2O6/c23-17-12(2-1-3-15(17)19(25)26)9-16(20(27)28)22-18(24)13-4-5-14-10-21-7-6-11(14)8-13/h1-5,8,16,21,23,27-28H,6-7,9-10H2,(H,22,24)(H,25,26). The third kappa shape index (κ3) is 4.33. The Hall–Kier alpha value is -2.88. The van der Waals surface area contributed by atoms with Gasteiger partial charge in [-0.25, -0.2) is 4.79 Å². The number of carbonyl (C=O) groups is 2. The van der Waals surface area contributed by atoms with Crippen molar-refractivity contribution < 1.29 is 29.9 Å². The molecule has 0 saturated carbocycles. The molecular weight excluding hydrogens is 363 g/mol. The maximum Gasteiger partial charge on any atom is 0.475 e. The van der Waals surface area contributed by atoms with Crippen LogP contribution in [-0.4, -0.2) is 51.7 Å². The second-order valence-electron chi connectivity index (χ2n) is 6.73. The zero-order valence-corrected chi connectivity index (χ0v) is 15.1. The van der Waals surface area contributed by atoms with Crippen LogP contribution in [0.25, 0.3) is 0 Å². The number of rotatable bonds is 6. The number of hydrogen-bond donors (Lipinski definition) is 6. The number of benzene rings is 2. The smallest absolute Gasteiger partial charge is 0.475 e. The van der Waals surface area contributed by atoms with E-state index >= 15 is 0 Å². The molecule has 0 bridgehead atoms. The van der Waals surface area contributed by atoms with E-state index in [0.29, 0.717) is 5.56 Å². The fraction of sp³-hybridized carbons (Fsp3) is 0.263. The second-order valence-corrected chi connectivity index (χ2v) is 6.73. The third-order valence-corrected chi connectivity index (χ3v) is 4.82. The van der Waals surface area contributed by atoms with Gasteiger partial charge in [0, 0.05) is 12.1 Å². The van der Waals surface area contributed by atoms with Crippen LogP contribution >= 0.6 is 0 Å². The van der Waals surface area contributed by atoms with E-state index in [1.54, 1.807) is 12.1 Å². The number of aromatic hydroxyl groups is 1. The van der Waals surface area contributed by atoms with Gasteiger partial charge in [-0.05, 0) is 54.3 Å². The molecule has 0 aliphatic carbocycles. The van der Waals surface area contributed by atoms with Crippen molar-refractivity contribution in [2.45, 2.75) is 25.3 Å². The van der Waals surface area contributed by atoms with Crippen molar-refractivity contribution >= 4 is 19.0 Å². The first-order chi connectivity index (χ1) is 13.4. The summed E-state index contributed by atoms with van der Waals surface area (Å²) in [5, 5.41) is 44.3. The lowest BCUT2D eigenvalue weighted by Crippen LogP contribution is -2.48. The molecule has 146 valence electrons. The van der Waals surface area contributed by atoms with Crippen LogP contribution < -0.4 is 10.6 Å². The van der Waals surface area contributed by atoms with Crippen LogP contribution in [0.2, 0.25) is 0 Å². The lowest BCUT2D eigenvalue weighted by molar-refractivity contribution is 0.0693. The molecule has 1 amide bonds. The molecular formula is C19H21BN2O6. The van der Waals surface area contributed by atoms with E-state index in [2.05, 4.69) is 10.6 Å². The van der Waals surface area contributed by atoms with E-state index in [1.807, 2.05) is 6.07 Å². The first kappa shape index (κ1) is 19.9. The summed E-state index contributed by atoms with van der Waals surface area (Å²) in [6.45, 7) is 1.57. The molecule has 1 aliphatic rings. The number of carboxylic acids is 1. The van der Waals surface area contributed by atoms with Crippen molar-refractivity contribution in [2.24, 2.45) is 0 Å². The van der Waals surface area contributed by atoms with Crippen LogP contribution in [0, 0.1) is 0 Å². The van der Waals surface area contributed by atoms with Crippen LogP contribution in [0.15, 0.2) is 36.4 Å². The Morgan fingerprint density at radius 3 is 2.68 bits per heavy atom. The molecule has 2 aromatic rings. The van der Waals surface area contributed by atoms with Gasteiger partial charge in [-0.2, -0.15) is 0 Å². The lowest BCUT2D eigenvalue weighted by atomic mass is 9.75. The van der Waals surface area contributed by atoms with Crippen molar-refractivity contribution in [3.63, 3.8) is 0 Å². The van der Waals surface area contributed by atoms with Gasteiger partial charge in [0.2, 0.25) is 0 Å². The van der Waals surface area contributed by atoms with E-state index in [1.165, 1.54) is 18.2 Å². The van der Waals surface area contributed by atoms with Gasteiger partial charge < -0.3 is 30.9 Å². The molecule has 3 rings (SSSR count). The average Bonchev–Trinajstić information content (AvgIpc) is 2.68. The Morgan fingerprint density at radius 1 is 1.18 bits per heavy atom. The molecule has 0 fully saturated rings. The SMILES string of the molecule is O=C(NC(Cc1cccc(C(=O)O)c1O)B(O)O)c1ccc2c(c1)CCNC2. The Morgan fingerprint density at radius 2 is 1.96 bits per heavy atom. The number of hydrogen-bond acceptors (Lipinski definition) is 6. The minimum absolute atomic E-state index is 0.148. The Kier molecular flexibility index (Phi) is 5.98. The van der Waals surface area contributed by atoms with Gasteiger partial charge >= 0.3 is 13.1 Å². The molecule has 1 unspecified atom stereocenters. The summed E-state index contributed by atoms with van der Waals surface area (Å²) in [6.07, 6.45) is 0.656. The molecule has 9 heteroatoms. The predicted octanol–water partition coefficient (Wildman–Crippen LogP) is 0.0892. The van der Waals surface area contributed by atoms with Crippen molar-refractivity contribution in [2.75, 3.05) is 6.54 Å². The summed E-state index contributed by atoms with van der Waals surface area (Å²) in [5.74, 6) is -3.36. The quantitative estimate of drug-likeness (QED) is 0.388. The molecule has 0 aromatic heterocycles. The fourth-order valence-corrected chi connectivity index (χ4v) is 3.27. The van der Waals surface area contributed by atoms with Crippen molar-refractivity contribution in [3.8, 4) is 5.75 Å². The van der Waals surface area contributed by atoms with E-state index < -0.39 is 30.7 Å². The van der Waals surface area contributed by atoms with Crippen LogP contribution in [0.1, 0.15) is 37.4 Å². The summed E-state index contributed by atoms with van der Waals surface area (Å²) in [7, 11) is -1.89. The highest BCUT2D eigenvalue weighted by Crippen LogP contribution is 2.24. The Balaban J connectivity index is 1.77. The van der Waals surface area contributed by atoms with Crippen molar-refractivity contribution in [1.29, 1.82) is 0 Å². The predicted molar refractivity (Wildman–Crippen MR) is 102 cm³/mol. The highest BCUT2D eigenvalue weighted by atomic mass is 16.4. The molecule has 6 N–H and O–H groups in total. The number of para-hydroxylation sites is 1. The van der Waals surface area contributed by atoms with E-state index in [-0.39, 0.29) is 17.5 Å². The number of nitrogens with one attached hydrogen (secondary N) is 2. The van der Waals surface area contributed by atoms with Gasteiger partial charge in [0.1, 0.15) is 11.3 Å². The molecule has 8 nitrogen and oxygen atoms in total. The lowest BCUT2D eigenvalue weighted by Gasteiger charge is -2.21. The second kappa shape index (κ2) is 8.43. The molecule has 2 aromatic carbocycles. The van der Waals surface area contributed by atoms with Gasteiger partial charge in [0.05, 0.1) is 5.94 Å². The van der Waals surface area contributed by atoms with Crippen LogP contribution in [0.3, 0.4) is 0 Å². The fourth-order valence-electron chi connectivity index (χ4n) is 3.27. The van der Waals surface area contributed by atoms with Crippen LogP contribution in [0.4, 0.5) is 0 Å². The number of carboxylic acid groups (broad SMARTS) is 1. The summed E-state index contributed by atoms with van der Waals surface area (Å²) < 4.78 is 0. The number of phenols is 1. The first-order valence-electron chi connectivity index (χ1n) is 8.90. The van der Waals surface area contributed by atoms with Gasteiger partial charge in [0.15, 0.2) is 0 Å². The topological polar surface area (TPSA) is 139 Å². The first-order valence-corrected chi connectivity index (χ1v) is 8.90. The minimum atomic E-state index is -1.89. The van der Waals surface area contributed by atoms with Crippen molar-refractivity contribution in [1.82, 2.24) is 10.6 Å². The number of aromatic carboxylic acids is 1. The Bertz CT molecular complexity index is 902. The molecule has 0 radical (unpaired) electrons. The van der Waals surface area contributed by atoms with Crippen LogP contribution in [0.5, 0.6) is 5.75 Å². The monoisotopic (exact) mass is 384 g/mol. The molecule has 1 aliphatic heterocycles. The molecule has 0 spiro atoms. The van der Waals surface area contributed by atoms with E-state index in [0.717, 1.165) is 30.6 Å². The van der Waals surface area contributed by atoms with E-state index in [9.17, 15) is 24.7 Å². The molecule has 1 heterocycles. The normalized spacial score (nSPS) is 14.1. The summed E-state index contributed by atoms with van der Waals surface area (Å²) in [4.78, 5) is 23.7. The van der Waals surface area contributed by atoms with Gasteiger partial charge in [0.25, 0.3) is 5.91 Å². The third-order valence-electron chi connectivity index (χ3n) is 4.82. The summed E-state index contributed by atoms with van der Waals surface area (Å²) in [6, 6.07) is 9.47. The van der Waals surface area contributed by atoms with Crippen molar-refractivity contribution in [3.05, 3.63) is 64.2 Å². The number of carbonyl (C=O) groups excluding carboxylic acids is 1. The van der Waals surface area contributed by atoms with E-state index in [4.69, 9.17) is 5.11 Å².